The summed E-state index contributed by atoms with van der Waals surface area (Å²) in [5, 5.41) is 7.65. The summed E-state index contributed by atoms with van der Waals surface area (Å²) in [4.78, 5) is 2.40. The van der Waals surface area contributed by atoms with Crippen LogP contribution in [0, 0.1) is 5.92 Å². The highest BCUT2D eigenvalue weighted by Crippen LogP contribution is 2.54. The molecular formula is C23H25N3O. The Morgan fingerprint density at radius 1 is 1.04 bits per heavy atom. The highest BCUT2D eigenvalue weighted by Gasteiger charge is 2.55. The molecule has 6 rings (SSSR count). The topological polar surface area (TPSA) is 28.1 Å². The molecule has 2 unspecified atom stereocenters. The fraction of sp³-hybridized carbons (Fsp3) is 0.435. The van der Waals surface area contributed by atoms with Gasteiger partial charge >= 0.3 is 0 Å². The molecule has 0 saturated carbocycles. The molecule has 1 fully saturated rings. The number of para-hydroxylation sites is 1. The Balaban J connectivity index is 1.51. The summed E-state index contributed by atoms with van der Waals surface area (Å²) < 4.78 is 6.71. The number of benzene rings is 2. The lowest BCUT2D eigenvalue weighted by atomic mass is 9.76. The number of rotatable bonds is 0. The zero-order chi connectivity index (χ0) is 18.0. The summed E-state index contributed by atoms with van der Waals surface area (Å²) in [6, 6.07) is 17.8. The van der Waals surface area contributed by atoms with Crippen molar-refractivity contribution in [2.75, 3.05) is 20.1 Å². The second kappa shape index (κ2) is 5.59. The molecule has 4 heteroatoms. The predicted molar refractivity (Wildman–Crippen MR) is 106 cm³/mol. The van der Waals surface area contributed by atoms with Crippen molar-refractivity contribution in [1.82, 2.24) is 9.91 Å². The molecule has 4 aliphatic rings. The fourth-order valence-electron chi connectivity index (χ4n) is 5.48. The van der Waals surface area contributed by atoms with Crippen LogP contribution in [0.3, 0.4) is 0 Å². The molecule has 1 aliphatic carbocycles. The Morgan fingerprint density at radius 3 is 2.70 bits per heavy atom. The van der Waals surface area contributed by atoms with Crippen LogP contribution in [0.25, 0.3) is 0 Å². The van der Waals surface area contributed by atoms with Gasteiger partial charge < -0.3 is 9.64 Å². The van der Waals surface area contributed by atoms with Gasteiger partial charge in [-0.2, -0.15) is 5.10 Å². The molecule has 27 heavy (non-hydrogen) atoms. The van der Waals surface area contributed by atoms with E-state index in [9.17, 15) is 0 Å². The summed E-state index contributed by atoms with van der Waals surface area (Å²) in [7, 11) is 2.20. The van der Waals surface area contributed by atoms with Crippen molar-refractivity contribution in [1.29, 1.82) is 0 Å². The van der Waals surface area contributed by atoms with Crippen LogP contribution in [0.2, 0.25) is 0 Å². The number of hydrogen-bond acceptors (Lipinski definition) is 4. The number of ether oxygens (including phenoxy) is 1. The number of hydrogen-bond donors (Lipinski definition) is 0. The molecule has 4 nitrogen and oxygen atoms in total. The van der Waals surface area contributed by atoms with Crippen LogP contribution in [0.5, 0.6) is 5.75 Å². The van der Waals surface area contributed by atoms with Gasteiger partial charge in [0.2, 0.25) is 5.72 Å². The number of nitrogens with zero attached hydrogens (tertiary/aromatic N) is 3. The van der Waals surface area contributed by atoms with Gasteiger partial charge in [-0.15, -0.1) is 0 Å². The van der Waals surface area contributed by atoms with Gasteiger partial charge in [-0.1, -0.05) is 42.5 Å². The van der Waals surface area contributed by atoms with E-state index in [1.165, 1.54) is 28.8 Å². The zero-order valence-electron chi connectivity index (χ0n) is 15.8. The van der Waals surface area contributed by atoms with Crippen LogP contribution < -0.4 is 4.74 Å². The van der Waals surface area contributed by atoms with Gasteiger partial charge in [0.25, 0.3) is 0 Å². The van der Waals surface area contributed by atoms with E-state index in [0.717, 1.165) is 38.1 Å². The molecule has 3 heterocycles. The van der Waals surface area contributed by atoms with Crippen molar-refractivity contribution < 1.29 is 4.74 Å². The maximum atomic E-state index is 6.71. The Bertz CT molecular complexity index is 929. The van der Waals surface area contributed by atoms with Crippen molar-refractivity contribution in [3.05, 3.63) is 65.2 Å². The average Bonchev–Trinajstić information content (AvgIpc) is 3.12. The molecule has 138 valence electrons. The fourth-order valence-corrected chi connectivity index (χ4v) is 5.48. The SMILES string of the molecule is CN1CCC2(CC1)Oc1ccccc1C1C3CCc4ccccc4C3=NN12. The van der Waals surface area contributed by atoms with Gasteiger partial charge in [0, 0.05) is 43.0 Å². The zero-order valence-corrected chi connectivity index (χ0v) is 15.8. The highest BCUT2D eigenvalue weighted by atomic mass is 16.5. The number of piperidine rings is 1. The van der Waals surface area contributed by atoms with E-state index in [2.05, 4.69) is 65.5 Å². The molecule has 0 N–H and O–H groups in total. The van der Waals surface area contributed by atoms with E-state index in [1.807, 2.05) is 0 Å². The lowest BCUT2D eigenvalue weighted by Gasteiger charge is -2.51. The molecule has 0 aromatic heterocycles. The van der Waals surface area contributed by atoms with Crippen molar-refractivity contribution in [3.63, 3.8) is 0 Å². The van der Waals surface area contributed by atoms with E-state index in [4.69, 9.17) is 9.84 Å². The van der Waals surface area contributed by atoms with Crippen LogP contribution in [0.4, 0.5) is 0 Å². The average molecular weight is 359 g/mol. The summed E-state index contributed by atoms with van der Waals surface area (Å²) >= 11 is 0. The normalized spacial score (nSPS) is 27.9. The lowest BCUT2D eigenvalue weighted by molar-refractivity contribution is -0.153. The Hall–Kier alpha value is -2.33. The molecule has 3 aliphatic heterocycles. The van der Waals surface area contributed by atoms with E-state index < -0.39 is 0 Å². The van der Waals surface area contributed by atoms with E-state index >= 15 is 0 Å². The first-order valence-corrected chi connectivity index (χ1v) is 10.2. The van der Waals surface area contributed by atoms with Crippen molar-refractivity contribution in [2.24, 2.45) is 11.0 Å². The maximum absolute atomic E-state index is 6.71. The van der Waals surface area contributed by atoms with E-state index in [1.54, 1.807) is 0 Å². The first-order valence-electron chi connectivity index (χ1n) is 10.2. The molecule has 2 aromatic carbocycles. The van der Waals surface area contributed by atoms with Crippen molar-refractivity contribution in [2.45, 2.75) is 37.5 Å². The minimum absolute atomic E-state index is 0.301. The molecule has 0 radical (unpaired) electrons. The van der Waals surface area contributed by atoms with Crippen LogP contribution >= 0.6 is 0 Å². The van der Waals surface area contributed by atoms with Crippen molar-refractivity contribution >= 4 is 5.71 Å². The smallest absolute Gasteiger partial charge is 0.200 e. The summed E-state index contributed by atoms with van der Waals surface area (Å²) in [5.41, 5.74) is 5.08. The third kappa shape index (κ3) is 2.16. The molecule has 0 bridgehead atoms. The molecule has 1 spiro atoms. The van der Waals surface area contributed by atoms with Gasteiger partial charge in [0.05, 0.1) is 11.8 Å². The predicted octanol–water partition coefficient (Wildman–Crippen LogP) is 3.82. The second-order valence-electron chi connectivity index (χ2n) is 8.47. The lowest BCUT2D eigenvalue weighted by Crippen LogP contribution is -2.59. The molecule has 2 aromatic rings. The minimum atomic E-state index is -0.301. The van der Waals surface area contributed by atoms with Gasteiger partial charge in [-0.3, -0.25) is 0 Å². The Morgan fingerprint density at radius 2 is 1.81 bits per heavy atom. The molecular weight excluding hydrogens is 334 g/mol. The van der Waals surface area contributed by atoms with Crippen LogP contribution in [0.1, 0.15) is 42.0 Å². The first kappa shape index (κ1) is 15.7. The summed E-state index contributed by atoms with van der Waals surface area (Å²) in [6.45, 7) is 2.11. The summed E-state index contributed by atoms with van der Waals surface area (Å²) in [5.74, 6) is 1.53. The van der Waals surface area contributed by atoms with Gasteiger partial charge in [0.1, 0.15) is 5.75 Å². The van der Waals surface area contributed by atoms with Crippen LogP contribution in [0.15, 0.2) is 53.6 Å². The number of fused-ring (bicyclic) bond motifs is 8. The van der Waals surface area contributed by atoms with Gasteiger partial charge in [-0.25, -0.2) is 5.01 Å². The minimum Gasteiger partial charge on any atom is -0.466 e. The standard InChI is InChI=1S/C23H25N3O/c1-25-14-12-23(13-15-25)26-22(18-8-4-5-9-20(18)27-23)19-11-10-16-6-2-3-7-17(16)21(19)24-26/h2-9,19,22H,10-15H2,1H3. The number of likely N-dealkylation sites (tertiary alicyclic amines) is 1. The monoisotopic (exact) mass is 359 g/mol. The van der Waals surface area contributed by atoms with E-state index in [-0.39, 0.29) is 5.72 Å². The van der Waals surface area contributed by atoms with E-state index in [0.29, 0.717) is 12.0 Å². The maximum Gasteiger partial charge on any atom is 0.200 e. The highest BCUT2D eigenvalue weighted by molar-refractivity contribution is 6.05. The van der Waals surface area contributed by atoms with Crippen LogP contribution in [-0.2, 0) is 6.42 Å². The molecule has 2 atom stereocenters. The number of aryl methyl sites for hydroxylation is 1. The quantitative estimate of drug-likeness (QED) is 0.716. The number of hydrazone groups is 1. The molecule has 1 saturated heterocycles. The first-order chi connectivity index (χ1) is 13.3. The van der Waals surface area contributed by atoms with Crippen LogP contribution in [-0.4, -0.2) is 41.5 Å². The Labute approximate surface area is 160 Å². The summed E-state index contributed by atoms with van der Waals surface area (Å²) in [6.07, 6.45) is 4.31. The van der Waals surface area contributed by atoms with Gasteiger partial charge in [0.15, 0.2) is 0 Å². The largest absolute Gasteiger partial charge is 0.466 e. The third-order valence-corrected chi connectivity index (χ3v) is 6.95. The molecule has 0 amide bonds. The third-order valence-electron chi connectivity index (χ3n) is 6.95. The van der Waals surface area contributed by atoms with Gasteiger partial charge in [-0.05, 0) is 31.5 Å². The van der Waals surface area contributed by atoms with Crippen molar-refractivity contribution in [3.8, 4) is 5.75 Å². The Kier molecular flexibility index (Phi) is 3.25. The second-order valence-corrected chi connectivity index (χ2v) is 8.47.